The lowest BCUT2D eigenvalue weighted by Crippen LogP contribution is -2.01. The van der Waals surface area contributed by atoms with Gasteiger partial charge >= 0.3 is 5.97 Å². The van der Waals surface area contributed by atoms with Crippen LogP contribution in [0.2, 0.25) is 4.47 Å². The minimum absolute atomic E-state index is 0.403. The summed E-state index contributed by atoms with van der Waals surface area (Å²) in [5, 5.41) is 0. The van der Waals surface area contributed by atoms with Crippen LogP contribution in [-0.4, -0.2) is 23.0 Å². The zero-order chi connectivity index (χ0) is 10.1. The zero-order valence-electron chi connectivity index (χ0n) is 7.15. The molecule has 14 heavy (non-hydrogen) atoms. The number of esters is 1. The number of methoxy groups -OCH3 is 1. The van der Waals surface area contributed by atoms with Crippen molar-refractivity contribution in [1.82, 2.24) is 9.97 Å². The van der Waals surface area contributed by atoms with Crippen LogP contribution in [0.5, 0.6) is 0 Å². The fraction of sp³-hybridized carbons (Fsp3) is 0.125. The number of halogens is 1. The van der Waals surface area contributed by atoms with Gasteiger partial charge in [-0.05, 0) is 6.07 Å². The first-order valence-corrected chi connectivity index (χ1v) is 4.90. The lowest BCUT2D eigenvalue weighted by atomic mass is 10.3. The van der Waals surface area contributed by atoms with Crippen molar-refractivity contribution < 1.29 is 9.53 Å². The second kappa shape index (κ2) is 3.51. The van der Waals surface area contributed by atoms with Crippen LogP contribution < -0.4 is 0 Å². The topological polar surface area (TPSA) is 52.1 Å². The molecule has 0 unspecified atom stereocenters. The lowest BCUT2D eigenvalue weighted by Gasteiger charge is -1.96. The van der Waals surface area contributed by atoms with Gasteiger partial charge in [-0.25, -0.2) is 14.8 Å². The van der Waals surface area contributed by atoms with Gasteiger partial charge in [0.25, 0.3) is 0 Å². The molecule has 2 heterocycles. The third kappa shape index (κ3) is 1.56. The van der Waals surface area contributed by atoms with E-state index in [0.29, 0.717) is 15.7 Å². The number of carbonyl (C=O) groups excluding carboxylic acids is 1. The SMILES string of the molecule is COC(=O)c1cnc2nc(Cl)sc2c1. The second-order valence-electron chi connectivity index (χ2n) is 2.50. The summed E-state index contributed by atoms with van der Waals surface area (Å²) >= 11 is 6.98. The number of aromatic nitrogens is 2. The molecule has 0 aliphatic rings. The summed E-state index contributed by atoms with van der Waals surface area (Å²) in [5.74, 6) is -0.413. The molecule has 0 aliphatic carbocycles. The van der Waals surface area contributed by atoms with Crippen molar-refractivity contribution in [3.8, 4) is 0 Å². The average molecular weight is 229 g/mol. The van der Waals surface area contributed by atoms with E-state index in [1.807, 2.05) is 0 Å². The molecule has 0 aromatic carbocycles. The molecule has 2 rings (SSSR count). The molecule has 0 aliphatic heterocycles. The quantitative estimate of drug-likeness (QED) is 0.702. The number of fused-ring (bicyclic) bond motifs is 1. The summed E-state index contributed by atoms with van der Waals surface area (Å²) in [6.07, 6.45) is 1.42. The molecule has 0 radical (unpaired) electrons. The first-order valence-electron chi connectivity index (χ1n) is 3.71. The molecule has 0 N–H and O–H groups in total. The van der Waals surface area contributed by atoms with E-state index < -0.39 is 5.97 Å². The maximum Gasteiger partial charge on any atom is 0.339 e. The maximum absolute atomic E-state index is 11.2. The first-order chi connectivity index (χ1) is 6.70. The van der Waals surface area contributed by atoms with E-state index in [2.05, 4.69) is 14.7 Å². The highest BCUT2D eigenvalue weighted by Gasteiger charge is 2.09. The van der Waals surface area contributed by atoms with Crippen LogP contribution >= 0.6 is 22.9 Å². The van der Waals surface area contributed by atoms with E-state index in [0.717, 1.165) is 4.70 Å². The standard InChI is InChI=1S/C8H5ClN2O2S/c1-13-7(12)4-2-5-6(10-3-4)11-8(9)14-5/h2-3H,1H3. The fourth-order valence-electron chi connectivity index (χ4n) is 1.02. The molecular formula is C8H5ClN2O2S. The number of nitrogens with zero attached hydrogens (tertiary/aromatic N) is 2. The molecule has 2 aromatic heterocycles. The van der Waals surface area contributed by atoms with Crippen molar-refractivity contribution in [3.05, 3.63) is 22.3 Å². The van der Waals surface area contributed by atoms with Gasteiger partial charge in [-0.1, -0.05) is 11.6 Å². The van der Waals surface area contributed by atoms with Crippen molar-refractivity contribution in [3.63, 3.8) is 0 Å². The third-order valence-electron chi connectivity index (χ3n) is 1.64. The molecule has 0 saturated heterocycles. The summed E-state index contributed by atoms with van der Waals surface area (Å²) in [7, 11) is 1.33. The highest BCUT2D eigenvalue weighted by molar-refractivity contribution is 7.22. The number of ether oxygens (including phenoxy) is 1. The monoisotopic (exact) mass is 228 g/mol. The Kier molecular flexibility index (Phi) is 2.35. The minimum atomic E-state index is -0.413. The van der Waals surface area contributed by atoms with Gasteiger partial charge in [0.2, 0.25) is 0 Å². The normalized spacial score (nSPS) is 10.4. The van der Waals surface area contributed by atoms with Crippen molar-refractivity contribution in [1.29, 1.82) is 0 Å². The predicted molar refractivity (Wildman–Crippen MR) is 53.8 cm³/mol. The Hall–Kier alpha value is -1.20. The predicted octanol–water partition coefficient (Wildman–Crippen LogP) is 2.13. The molecule has 0 amide bonds. The van der Waals surface area contributed by atoms with E-state index >= 15 is 0 Å². The van der Waals surface area contributed by atoms with Gasteiger partial charge in [-0.2, -0.15) is 0 Å². The highest BCUT2D eigenvalue weighted by atomic mass is 35.5. The van der Waals surface area contributed by atoms with Gasteiger partial charge in [0.1, 0.15) is 0 Å². The second-order valence-corrected chi connectivity index (χ2v) is 4.12. The van der Waals surface area contributed by atoms with Crippen LogP contribution in [0.1, 0.15) is 10.4 Å². The third-order valence-corrected chi connectivity index (χ3v) is 2.74. The van der Waals surface area contributed by atoms with Crippen molar-refractivity contribution in [2.45, 2.75) is 0 Å². The molecule has 72 valence electrons. The van der Waals surface area contributed by atoms with Gasteiger partial charge in [0.05, 0.1) is 17.4 Å². The number of hydrogen-bond acceptors (Lipinski definition) is 5. The summed E-state index contributed by atoms with van der Waals surface area (Å²) in [4.78, 5) is 19.1. The summed E-state index contributed by atoms with van der Waals surface area (Å²) in [5.41, 5.74) is 0.952. The summed E-state index contributed by atoms with van der Waals surface area (Å²) < 4.78 is 5.75. The molecule has 4 nitrogen and oxygen atoms in total. The lowest BCUT2D eigenvalue weighted by molar-refractivity contribution is 0.0600. The van der Waals surface area contributed by atoms with E-state index in [9.17, 15) is 4.79 Å². The Morgan fingerprint density at radius 1 is 1.64 bits per heavy atom. The molecule has 6 heteroatoms. The van der Waals surface area contributed by atoms with Crippen LogP contribution in [0.15, 0.2) is 12.3 Å². The Labute approximate surface area is 88.5 Å². The minimum Gasteiger partial charge on any atom is -0.465 e. The molecule has 0 fully saturated rings. The Bertz CT molecular complexity index is 497. The van der Waals surface area contributed by atoms with Crippen LogP contribution in [0, 0.1) is 0 Å². The Morgan fingerprint density at radius 3 is 3.14 bits per heavy atom. The maximum atomic E-state index is 11.2. The summed E-state index contributed by atoms with van der Waals surface area (Å²) in [6.45, 7) is 0. The van der Waals surface area contributed by atoms with Gasteiger partial charge in [-0.15, -0.1) is 11.3 Å². The van der Waals surface area contributed by atoms with E-state index in [-0.39, 0.29) is 0 Å². The smallest absolute Gasteiger partial charge is 0.339 e. The van der Waals surface area contributed by atoms with Crippen molar-refractivity contribution in [2.75, 3.05) is 7.11 Å². The molecule has 0 saturated carbocycles. The number of pyridine rings is 1. The van der Waals surface area contributed by atoms with Gasteiger partial charge in [-0.3, -0.25) is 0 Å². The van der Waals surface area contributed by atoms with Crippen LogP contribution in [0.4, 0.5) is 0 Å². The Morgan fingerprint density at radius 2 is 2.43 bits per heavy atom. The average Bonchev–Trinajstić information content (AvgIpc) is 2.55. The van der Waals surface area contributed by atoms with E-state index in [1.54, 1.807) is 6.07 Å². The first kappa shape index (κ1) is 9.36. The molecular weight excluding hydrogens is 224 g/mol. The molecule has 0 spiro atoms. The molecule has 2 aromatic rings. The van der Waals surface area contributed by atoms with Crippen LogP contribution in [0.25, 0.3) is 10.3 Å². The molecule has 0 bridgehead atoms. The summed E-state index contributed by atoms with van der Waals surface area (Å²) in [6, 6.07) is 1.66. The van der Waals surface area contributed by atoms with Crippen molar-refractivity contribution >= 4 is 39.3 Å². The van der Waals surface area contributed by atoms with Crippen LogP contribution in [0.3, 0.4) is 0 Å². The number of carbonyl (C=O) groups is 1. The highest BCUT2D eigenvalue weighted by Crippen LogP contribution is 2.24. The van der Waals surface area contributed by atoms with E-state index in [4.69, 9.17) is 11.6 Å². The van der Waals surface area contributed by atoms with Gasteiger partial charge in [0.15, 0.2) is 10.1 Å². The Balaban J connectivity index is 2.55. The zero-order valence-corrected chi connectivity index (χ0v) is 8.72. The van der Waals surface area contributed by atoms with Gasteiger partial charge < -0.3 is 4.74 Å². The van der Waals surface area contributed by atoms with Crippen LogP contribution in [-0.2, 0) is 4.74 Å². The number of rotatable bonds is 1. The van der Waals surface area contributed by atoms with E-state index in [1.165, 1.54) is 24.6 Å². The van der Waals surface area contributed by atoms with Crippen molar-refractivity contribution in [2.24, 2.45) is 0 Å². The number of thiazole rings is 1. The van der Waals surface area contributed by atoms with Gasteiger partial charge in [0, 0.05) is 6.20 Å². The molecule has 0 atom stereocenters. The number of hydrogen-bond donors (Lipinski definition) is 0. The largest absolute Gasteiger partial charge is 0.465 e. The fourth-order valence-corrected chi connectivity index (χ4v) is 2.04.